The maximum atomic E-state index is 12.0. The molecule has 0 radical (unpaired) electrons. The largest absolute Gasteiger partial charge is 0.334 e. The molecule has 1 aromatic rings. The molecule has 0 unspecified atom stereocenters. The fourth-order valence-electron chi connectivity index (χ4n) is 2.18. The average Bonchev–Trinajstić information content (AvgIpc) is 2.77. The lowest BCUT2D eigenvalue weighted by atomic mass is 10.2. The van der Waals surface area contributed by atoms with Crippen molar-refractivity contribution in [1.29, 1.82) is 0 Å². The molecule has 1 fully saturated rings. The first kappa shape index (κ1) is 15.5. The third-order valence-corrected chi connectivity index (χ3v) is 3.59. The van der Waals surface area contributed by atoms with Gasteiger partial charge >= 0.3 is 11.8 Å². The van der Waals surface area contributed by atoms with Crippen molar-refractivity contribution in [2.45, 2.75) is 25.7 Å². The van der Waals surface area contributed by atoms with Crippen LogP contribution in [0.25, 0.3) is 0 Å². The van der Waals surface area contributed by atoms with Crippen molar-refractivity contribution in [2.24, 2.45) is 5.10 Å². The zero-order chi connectivity index (χ0) is 15.1. The summed E-state index contributed by atoms with van der Waals surface area (Å²) >= 11 is 5.77. The highest BCUT2D eigenvalue weighted by atomic mass is 35.5. The zero-order valence-electron chi connectivity index (χ0n) is 11.7. The number of carbonyl (C=O) groups excluding carboxylic acids is 2. The van der Waals surface area contributed by atoms with Gasteiger partial charge in [-0.25, -0.2) is 5.43 Å². The molecular formula is C15H18ClN3O2. The van der Waals surface area contributed by atoms with E-state index in [1.807, 2.05) is 0 Å². The van der Waals surface area contributed by atoms with Gasteiger partial charge in [0.15, 0.2) is 0 Å². The molecule has 0 bridgehead atoms. The van der Waals surface area contributed by atoms with Crippen molar-refractivity contribution in [1.82, 2.24) is 10.3 Å². The van der Waals surface area contributed by atoms with E-state index in [4.69, 9.17) is 11.6 Å². The van der Waals surface area contributed by atoms with Crippen LogP contribution in [0.1, 0.15) is 31.2 Å². The SMILES string of the molecule is O=C(N/N=C/c1ccc(Cl)cc1)C(=O)N1CCCCCC1. The van der Waals surface area contributed by atoms with E-state index in [1.165, 1.54) is 6.21 Å². The smallest absolute Gasteiger partial charge is 0.329 e. The number of amides is 2. The zero-order valence-corrected chi connectivity index (χ0v) is 12.5. The highest BCUT2D eigenvalue weighted by molar-refractivity contribution is 6.35. The van der Waals surface area contributed by atoms with Crippen molar-refractivity contribution >= 4 is 29.6 Å². The Hall–Kier alpha value is -1.88. The molecule has 0 spiro atoms. The van der Waals surface area contributed by atoms with Crippen molar-refractivity contribution in [3.05, 3.63) is 34.9 Å². The van der Waals surface area contributed by atoms with E-state index in [2.05, 4.69) is 10.5 Å². The highest BCUT2D eigenvalue weighted by Crippen LogP contribution is 2.10. The van der Waals surface area contributed by atoms with Gasteiger partial charge in [0.1, 0.15) is 0 Å². The Bertz CT molecular complexity index is 520. The molecule has 1 heterocycles. The number of likely N-dealkylation sites (tertiary alicyclic amines) is 1. The Morgan fingerprint density at radius 3 is 2.33 bits per heavy atom. The predicted molar refractivity (Wildman–Crippen MR) is 82.2 cm³/mol. The van der Waals surface area contributed by atoms with Crippen molar-refractivity contribution in [2.75, 3.05) is 13.1 Å². The van der Waals surface area contributed by atoms with Gasteiger partial charge in [-0.1, -0.05) is 36.6 Å². The van der Waals surface area contributed by atoms with Gasteiger partial charge in [0, 0.05) is 18.1 Å². The Morgan fingerprint density at radius 1 is 1.10 bits per heavy atom. The van der Waals surface area contributed by atoms with Gasteiger partial charge in [0.2, 0.25) is 0 Å². The van der Waals surface area contributed by atoms with E-state index in [1.54, 1.807) is 29.2 Å². The molecule has 1 N–H and O–H groups in total. The Balaban J connectivity index is 1.85. The second-order valence-electron chi connectivity index (χ2n) is 4.96. The van der Waals surface area contributed by atoms with Crippen LogP contribution in [0.2, 0.25) is 5.02 Å². The lowest BCUT2D eigenvalue weighted by molar-refractivity contribution is -0.145. The standard InChI is InChI=1S/C15H18ClN3O2/c16-13-7-5-12(6-8-13)11-17-18-14(20)15(21)19-9-3-1-2-4-10-19/h5-8,11H,1-4,9-10H2,(H,18,20)/b17-11+. The van der Waals surface area contributed by atoms with Gasteiger partial charge < -0.3 is 4.90 Å². The molecule has 1 aliphatic heterocycles. The Morgan fingerprint density at radius 2 is 1.71 bits per heavy atom. The minimum atomic E-state index is -0.692. The number of benzene rings is 1. The van der Waals surface area contributed by atoms with Crippen LogP contribution in [0.15, 0.2) is 29.4 Å². The van der Waals surface area contributed by atoms with E-state index >= 15 is 0 Å². The summed E-state index contributed by atoms with van der Waals surface area (Å²) < 4.78 is 0. The molecular weight excluding hydrogens is 290 g/mol. The summed E-state index contributed by atoms with van der Waals surface area (Å²) in [5.74, 6) is -1.20. The maximum Gasteiger partial charge on any atom is 0.329 e. The first-order chi connectivity index (χ1) is 10.2. The van der Waals surface area contributed by atoms with Crippen LogP contribution in [-0.4, -0.2) is 36.0 Å². The molecule has 1 aromatic carbocycles. The number of rotatable bonds is 2. The molecule has 5 nitrogen and oxygen atoms in total. The van der Waals surface area contributed by atoms with Crippen LogP contribution in [0.4, 0.5) is 0 Å². The second-order valence-corrected chi connectivity index (χ2v) is 5.39. The molecule has 0 aromatic heterocycles. The fourth-order valence-corrected chi connectivity index (χ4v) is 2.31. The minimum Gasteiger partial charge on any atom is -0.334 e. The quantitative estimate of drug-likeness (QED) is 0.517. The van der Waals surface area contributed by atoms with Crippen LogP contribution in [0.3, 0.4) is 0 Å². The van der Waals surface area contributed by atoms with Crippen molar-refractivity contribution in [3.63, 3.8) is 0 Å². The Labute approximate surface area is 129 Å². The lowest BCUT2D eigenvalue weighted by Crippen LogP contribution is -2.41. The van der Waals surface area contributed by atoms with E-state index in [0.29, 0.717) is 18.1 Å². The summed E-state index contributed by atoms with van der Waals surface area (Å²) in [6.07, 6.45) is 5.60. The average molecular weight is 308 g/mol. The molecule has 1 saturated heterocycles. The van der Waals surface area contributed by atoms with Crippen LogP contribution in [0, 0.1) is 0 Å². The molecule has 0 atom stereocenters. The van der Waals surface area contributed by atoms with Crippen LogP contribution >= 0.6 is 11.6 Å². The van der Waals surface area contributed by atoms with Gasteiger partial charge in [-0.3, -0.25) is 9.59 Å². The monoisotopic (exact) mass is 307 g/mol. The molecule has 2 amide bonds. The normalized spacial score (nSPS) is 15.8. The number of hydrogen-bond acceptors (Lipinski definition) is 3. The van der Waals surface area contributed by atoms with Crippen molar-refractivity contribution < 1.29 is 9.59 Å². The summed E-state index contributed by atoms with van der Waals surface area (Å²) in [5, 5.41) is 4.43. The summed E-state index contributed by atoms with van der Waals surface area (Å²) in [5.41, 5.74) is 3.06. The first-order valence-electron chi connectivity index (χ1n) is 7.05. The second kappa shape index (κ2) is 7.78. The van der Waals surface area contributed by atoms with Crippen LogP contribution < -0.4 is 5.43 Å². The molecule has 0 saturated carbocycles. The molecule has 0 aliphatic carbocycles. The number of hydrazone groups is 1. The molecule has 6 heteroatoms. The van der Waals surface area contributed by atoms with Gasteiger partial charge in [0.05, 0.1) is 6.21 Å². The number of carbonyl (C=O) groups is 2. The van der Waals surface area contributed by atoms with E-state index in [9.17, 15) is 9.59 Å². The number of halogens is 1. The van der Waals surface area contributed by atoms with Crippen LogP contribution in [-0.2, 0) is 9.59 Å². The van der Waals surface area contributed by atoms with Gasteiger partial charge in [-0.05, 0) is 30.5 Å². The van der Waals surface area contributed by atoms with Gasteiger partial charge in [0.25, 0.3) is 0 Å². The van der Waals surface area contributed by atoms with Gasteiger partial charge in [-0.15, -0.1) is 0 Å². The van der Waals surface area contributed by atoms with E-state index in [0.717, 1.165) is 31.2 Å². The van der Waals surface area contributed by atoms with Crippen LogP contribution in [0.5, 0.6) is 0 Å². The number of nitrogens with zero attached hydrogens (tertiary/aromatic N) is 2. The Kier molecular flexibility index (Phi) is 5.75. The van der Waals surface area contributed by atoms with E-state index in [-0.39, 0.29) is 0 Å². The third-order valence-electron chi connectivity index (χ3n) is 3.34. The summed E-state index contributed by atoms with van der Waals surface area (Å²) in [7, 11) is 0. The number of hydrogen-bond donors (Lipinski definition) is 1. The highest BCUT2D eigenvalue weighted by Gasteiger charge is 2.21. The first-order valence-corrected chi connectivity index (χ1v) is 7.42. The molecule has 21 heavy (non-hydrogen) atoms. The van der Waals surface area contributed by atoms with Crippen molar-refractivity contribution in [3.8, 4) is 0 Å². The molecule has 112 valence electrons. The lowest BCUT2D eigenvalue weighted by Gasteiger charge is -2.18. The molecule has 2 rings (SSSR count). The fraction of sp³-hybridized carbons (Fsp3) is 0.400. The maximum absolute atomic E-state index is 12.0. The summed E-state index contributed by atoms with van der Waals surface area (Å²) in [4.78, 5) is 25.3. The number of nitrogens with one attached hydrogen (secondary N) is 1. The summed E-state index contributed by atoms with van der Waals surface area (Å²) in [6, 6.07) is 7.00. The topological polar surface area (TPSA) is 61.8 Å². The molecule has 1 aliphatic rings. The summed E-state index contributed by atoms with van der Waals surface area (Å²) in [6.45, 7) is 1.29. The van der Waals surface area contributed by atoms with E-state index < -0.39 is 11.8 Å². The van der Waals surface area contributed by atoms with Gasteiger partial charge in [-0.2, -0.15) is 5.10 Å². The predicted octanol–water partition coefficient (Wildman–Crippen LogP) is 2.19. The third kappa shape index (κ3) is 4.86. The minimum absolute atomic E-state index is 0.509.